The normalized spacial score (nSPS) is 15.5. The molecule has 1 aliphatic rings. The fraction of sp³-hybridized carbons (Fsp3) is 0.650. The van der Waals surface area contributed by atoms with Gasteiger partial charge in [0.2, 0.25) is 0 Å². The number of carbonyl (C=O) groups is 1. The third kappa shape index (κ3) is 4.99. The van der Waals surface area contributed by atoms with E-state index in [0.717, 1.165) is 16.9 Å². The summed E-state index contributed by atoms with van der Waals surface area (Å²) in [5.41, 5.74) is 11.7. The fourth-order valence-electron chi connectivity index (χ4n) is 4.27. The van der Waals surface area contributed by atoms with Crippen LogP contribution in [0.5, 0.6) is 5.75 Å². The van der Waals surface area contributed by atoms with E-state index in [2.05, 4.69) is 42.9 Å². The van der Waals surface area contributed by atoms with E-state index in [-0.39, 0.29) is 17.9 Å². The molecule has 1 saturated carbocycles. The summed E-state index contributed by atoms with van der Waals surface area (Å²) in [7, 11) is 0. The van der Waals surface area contributed by atoms with Gasteiger partial charge < -0.3 is 4.74 Å². The van der Waals surface area contributed by atoms with Crippen molar-refractivity contribution in [1.82, 2.24) is 0 Å². The summed E-state index contributed by atoms with van der Waals surface area (Å²) < 4.78 is 5.83. The Hall–Kier alpha value is -2.00. The van der Waals surface area contributed by atoms with Crippen LogP contribution in [0.2, 0.25) is 0 Å². The van der Waals surface area contributed by atoms with E-state index < -0.39 is 0 Å². The van der Waals surface area contributed by atoms with Gasteiger partial charge in [-0.1, -0.05) is 44.3 Å². The van der Waals surface area contributed by atoms with Gasteiger partial charge in [0.05, 0.1) is 0 Å². The minimum absolute atomic E-state index is 0.0345. The summed E-state index contributed by atoms with van der Waals surface area (Å²) in [4.78, 5) is 14.5. The highest BCUT2D eigenvalue weighted by Crippen LogP contribution is 2.41. The minimum Gasteiger partial charge on any atom is -0.487 e. The van der Waals surface area contributed by atoms with E-state index in [1.54, 1.807) is 6.92 Å². The quantitative estimate of drug-likeness (QED) is 0.349. The van der Waals surface area contributed by atoms with E-state index in [1.165, 1.54) is 37.7 Å². The molecule has 0 heterocycles. The van der Waals surface area contributed by atoms with Crippen LogP contribution >= 0.6 is 0 Å². The largest absolute Gasteiger partial charge is 0.487 e. The molecule has 0 spiro atoms. The van der Waals surface area contributed by atoms with E-state index in [1.807, 2.05) is 0 Å². The highest BCUT2D eigenvalue weighted by molar-refractivity contribution is 5.77. The molecule has 0 amide bonds. The van der Waals surface area contributed by atoms with Gasteiger partial charge in [-0.25, -0.2) is 0 Å². The van der Waals surface area contributed by atoms with Crippen LogP contribution in [0.25, 0.3) is 10.4 Å². The molecule has 1 fully saturated rings. The number of ether oxygens (including phenoxy) is 1. The summed E-state index contributed by atoms with van der Waals surface area (Å²) in [6.07, 6.45) is 6.75. The molecule has 136 valence electrons. The Bertz CT molecular complexity index is 670. The Morgan fingerprint density at radius 1 is 1.32 bits per heavy atom. The van der Waals surface area contributed by atoms with Gasteiger partial charge in [-0.2, -0.15) is 0 Å². The molecular weight excluding hydrogens is 314 g/mol. The molecule has 1 aromatic rings. The predicted molar refractivity (Wildman–Crippen MR) is 100.0 cm³/mol. The third-order valence-corrected chi connectivity index (χ3v) is 5.11. The van der Waals surface area contributed by atoms with Gasteiger partial charge in [0, 0.05) is 22.3 Å². The van der Waals surface area contributed by atoms with Crippen molar-refractivity contribution in [3.05, 3.63) is 39.3 Å². The summed E-state index contributed by atoms with van der Waals surface area (Å²) >= 11 is 0. The molecule has 25 heavy (non-hydrogen) atoms. The summed E-state index contributed by atoms with van der Waals surface area (Å²) in [6.45, 7) is 7.81. The molecule has 0 unspecified atom stereocenters. The van der Waals surface area contributed by atoms with Gasteiger partial charge in [-0.05, 0) is 55.3 Å². The molecule has 2 rings (SSSR count). The third-order valence-electron chi connectivity index (χ3n) is 5.11. The average molecular weight is 343 g/mol. The predicted octanol–water partition coefficient (Wildman–Crippen LogP) is 5.95. The highest BCUT2D eigenvalue weighted by Gasteiger charge is 2.29. The van der Waals surface area contributed by atoms with Gasteiger partial charge in [-0.3, -0.25) is 4.79 Å². The van der Waals surface area contributed by atoms with Gasteiger partial charge in [0.25, 0.3) is 0 Å². The molecule has 0 N–H and O–H groups in total. The van der Waals surface area contributed by atoms with Gasteiger partial charge in [0.15, 0.2) is 6.73 Å². The molecule has 0 bridgehead atoms. The van der Waals surface area contributed by atoms with E-state index in [9.17, 15) is 4.79 Å². The monoisotopic (exact) mass is 343 g/mol. The van der Waals surface area contributed by atoms with Crippen molar-refractivity contribution in [2.75, 3.05) is 6.73 Å². The molecule has 0 aliphatic heterocycles. The number of hydrogen-bond donors (Lipinski definition) is 0. The topological polar surface area (TPSA) is 75.1 Å². The molecule has 5 nitrogen and oxygen atoms in total. The maximum atomic E-state index is 11.7. The van der Waals surface area contributed by atoms with Gasteiger partial charge in [0.1, 0.15) is 11.5 Å². The molecule has 1 aromatic carbocycles. The van der Waals surface area contributed by atoms with Crippen molar-refractivity contribution in [3.63, 3.8) is 0 Å². The van der Waals surface area contributed by atoms with Gasteiger partial charge in [-0.15, -0.1) is 0 Å². The van der Waals surface area contributed by atoms with Crippen LogP contribution in [0.1, 0.15) is 81.9 Å². The van der Waals surface area contributed by atoms with Crippen LogP contribution in [0.15, 0.2) is 17.2 Å². The second kappa shape index (κ2) is 8.39. The van der Waals surface area contributed by atoms with Crippen LogP contribution in [-0.2, 0) is 10.2 Å². The standard InChI is InChI=1S/C20H29N3O2/c1-14-10-17(16-8-6-5-7-9-16)11-18(25-13-22-23-21)19(14)20(3,4)12-15(2)24/h10-11,16H,5-9,12-13H2,1-4H3. The number of azide groups is 1. The van der Waals surface area contributed by atoms with Crippen molar-refractivity contribution in [2.45, 2.75) is 77.6 Å². The smallest absolute Gasteiger partial charge is 0.167 e. The molecule has 0 aromatic heterocycles. The Morgan fingerprint density at radius 2 is 2.00 bits per heavy atom. The lowest BCUT2D eigenvalue weighted by molar-refractivity contribution is -0.118. The second-order valence-corrected chi connectivity index (χ2v) is 7.81. The van der Waals surface area contributed by atoms with Crippen molar-refractivity contribution < 1.29 is 9.53 Å². The summed E-state index contributed by atoms with van der Waals surface area (Å²) in [6, 6.07) is 4.36. The van der Waals surface area contributed by atoms with Crippen LogP contribution in [0, 0.1) is 6.92 Å². The first-order valence-electron chi connectivity index (χ1n) is 9.13. The molecule has 0 saturated heterocycles. The number of Topliss-reactive ketones (excluding diaryl/α,β-unsaturated/α-hetero) is 1. The Labute approximate surface area is 150 Å². The molecule has 1 aliphatic carbocycles. The first-order valence-corrected chi connectivity index (χ1v) is 9.13. The van der Waals surface area contributed by atoms with Gasteiger partial charge >= 0.3 is 0 Å². The molecule has 5 heteroatoms. The van der Waals surface area contributed by atoms with Crippen LogP contribution in [-0.4, -0.2) is 12.5 Å². The number of nitrogens with zero attached hydrogens (tertiary/aromatic N) is 3. The van der Waals surface area contributed by atoms with Crippen molar-refractivity contribution in [3.8, 4) is 5.75 Å². The minimum atomic E-state index is -0.327. The van der Waals surface area contributed by atoms with E-state index in [4.69, 9.17) is 10.3 Å². The number of ketones is 1. The summed E-state index contributed by atoms with van der Waals surface area (Å²) in [5, 5.41) is 3.51. The van der Waals surface area contributed by atoms with Crippen LogP contribution in [0.3, 0.4) is 0 Å². The lowest BCUT2D eigenvalue weighted by Crippen LogP contribution is -2.23. The fourth-order valence-corrected chi connectivity index (χ4v) is 4.27. The lowest BCUT2D eigenvalue weighted by Gasteiger charge is -2.30. The van der Waals surface area contributed by atoms with E-state index >= 15 is 0 Å². The first-order chi connectivity index (χ1) is 11.8. The van der Waals surface area contributed by atoms with E-state index in [0.29, 0.717) is 12.3 Å². The lowest BCUT2D eigenvalue weighted by atomic mass is 9.75. The first kappa shape index (κ1) is 19.3. The number of hydrogen-bond acceptors (Lipinski definition) is 3. The number of rotatable bonds is 7. The zero-order chi connectivity index (χ0) is 18.4. The number of benzene rings is 1. The Morgan fingerprint density at radius 3 is 2.60 bits per heavy atom. The zero-order valence-electron chi connectivity index (χ0n) is 15.8. The zero-order valence-corrected chi connectivity index (χ0v) is 15.8. The second-order valence-electron chi connectivity index (χ2n) is 7.81. The maximum absolute atomic E-state index is 11.7. The average Bonchev–Trinajstić information content (AvgIpc) is 2.54. The number of carbonyl (C=O) groups excluding carboxylic acids is 1. The van der Waals surface area contributed by atoms with Crippen molar-refractivity contribution >= 4 is 5.78 Å². The Balaban J connectivity index is 2.45. The maximum Gasteiger partial charge on any atom is 0.167 e. The summed E-state index contributed by atoms with van der Waals surface area (Å²) in [5.74, 6) is 1.47. The van der Waals surface area contributed by atoms with Crippen molar-refractivity contribution in [2.24, 2.45) is 5.11 Å². The Kier molecular flexibility index (Phi) is 6.49. The molecule has 0 radical (unpaired) electrons. The highest BCUT2D eigenvalue weighted by atomic mass is 16.5. The molecule has 0 atom stereocenters. The molecular formula is C20H29N3O2. The SMILES string of the molecule is CC(=O)CC(C)(C)c1c(C)cc(C2CCCCC2)cc1OCN=[N+]=[N-]. The van der Waals surface area contributed by atoms with Crippen molar-refractivity contribution in [1.29, 1.82) is 0 Å². The number of aryl methyl sites for hydroxylation is 1. The van der Waals surface area contributed by atoms with Crippen LogP contribution < -0.4 is 4.74 Å². The van der Waals surface area contributed by atoms with Crippen LogP contribution in [0.4, 0.5) is 0 Å².